The van der Waals surface area contributed by atoms with E-state index in [1.165, 1.54) is 16.8 Å². The van der Waals surface area contributed by atoms with Crippen molar-refractivity contribution in [2.24, 2.45) is 0 Å². The second-order valence-corrected chi connectivity index (χ2v) is 4.70. The highest BCUT2D eigenvalue weighted by Crippen LogP contribution is 2.23. The number of pyridine rings is 1. The van der Waals surface area contributed by atoms with Gasteiger partial charge in [0.1, 0.15) is 0 Å². The van der Waals surface area contributed by atoms with Crippen LogP contribution in [0.25, 0.3) is 5.57 Å². The van der Waals surface area contributed by atoms with Gasteiger partial charge in [0.15, 0.2) is 0 Å². The zero-order valence-corrected chi connectivity index (χ0v) is 12.2. The fourth-order valence-corrected chi connectivity index (χ4v) is 2.24. The van der Waals surface area contributed by atoms with Crippen molar-refractivity contribution in [2.75, 3.05) is 11.9 Å². The second-order valence-electron chi connectivity index (χ2n) is 4.70. The number of allylic oxidation sites excluding steroid dienone is 3. The van der Waals surface area contributed by atoms with Crippen molar-refractivity contribution in [1.29, 1.82) is 0 Å². The SMILES string of the molecule is C/C=C(/C(C)=C\N(C)c1ccccc1)c1cccnc1. The molecule has 1 aromatic heterocycles. The summed E-state index contributed by atoms with van der Waals surface area (Å²) in [5.74, 6) is 0. The highest BCUT2D eigenvalue weighted by molar-refractivity contribution is 5.78. The van der Waals surface area contributed by atoms with Crippen molar-refractivity contribution in [3.05, 3.63) is 78.3 Å². The first-order chi connectivity index (χ1) is 9.72. The molecule has 0 aliphatic carbocycles. The molecule has 2 rings (SSSR count). The van der Waals surface area contributed by atoms with Gasteiger partial charge < -0.3 is 4.90 Å². The first-order valence-electron chi connectivity index (χ1n) is 6.75. The Kier molecular flexibility index (Phi) is 4.72. The van der Waals surface area contributed by atoms with E-state index in [0.29, 0.717) is 0 Å². The number of benzene rings is 1. The van der Waals surface area contributed by atoms with E-state index in [1.54, 1.807) is 6.20 Å². The van der Waals surface area contributed by atoms with E-state index < -0.39 is 0 Å². The van der Waals surface area contributed by atoms with Crippen LogP contribution in [-0.2, 0) is 0 Å². The maximum Gasteiger partial charge on any atom is 0.0403 e. The fourth-order valence-electron chi connectivity index (χ4n) is 2.24. The summed E-state index contributed by atoms with van der Waals surface area (Å²) in [5, 5.41) is 0. The number of hydrogen-bond donors (Lipinski definition) is 0. The van der Waals surface area contributed by atoms with Crippen molar-refractivity contribution in [2.45, 2.75) is 13.8 Å². The number of rotatable bonds is 4. The van der Waals surface area contributed by atoms with Crippen LogP contribution in [0.15, 0.2) is 72.7 Å². The minimum atomic E-state index is 1.14. The third-order valence-corrected chi connectivity index (χ3v) is 3.24. The zero-order valence-electron chi connectivity index (χ0n) is 12.2. The number of para-hydroxylation sites is 1. The molecule has 0 aliphatic rings. The van der Waals surface area contributed by atoms with Crippen molar-refractivity contribution in [3.63, 3.8) is 0 Å². The number of aromatic nitrogens is 1. The normalized spacial score (nSPS) is 12.3. The highest BCUT2D eigenvalue weighted by Gasteiger charge is 2.04. The van der Waals surface area contributed by atoms with E-state index >= 15 is 0 Å². The molecule has 0 N–H and O–H groups in total. The van der Waals surface area contributed by atoms with Crippen LogP contribution in [0.3, 0.4) is 0 Å². The lowest BCUT2D eigenvalue weighted by molar-refractivity contribution is 1.18. The van der Waals surface area contributed by atoms with Gasteiger partial charge in [0.2, 0.25) is 0 Å². The summed E-state index contributed by atoms with van der Waals surface area (Å²) in [6, 6.07) is 14.4. The number of nitrogens with zero attached hydrogens (tertiary/aromatic N) is 2. The van der Waals surface area contributed by atoms with Crippen LogP contribution >= 0.6 is 0 Å². The summed E-state index contributed by atoms with van der Waals surface area (Å²) >= 11 is 0. The molecule has 2 heteroatoms. The van der Waals surface area contributed by atoms with Gasteiger partial charge in [-0.3, -0.25) is 4.98 Å². The van der Waals surface area contributed by atoms with Gasteiger partial charge in [-0.05, 0) is 48.8 Å². The van der Waals surface area contributed by atoms with E-state index in [9.17, 15) is 0 Å². The van der Waals surface area contributed by atoms with Crippen LogP contribution in [0.4, 0.5) is 5.69 Å². The molecule has 0 bridgehead atoms. The molecule has 20 heavy (non-hydrogen) atoms. The van der Waals surface area contributed by atoms with Crippen molar-refractivity contribution in [1.82, 2.24) is 4.98 Å². The molecule has 0 saturated carbocycles. The molecule has 0 fully saturated rings. The Morgan fingerprint density at radius 1 is 1.10 bits per heavy atom. The molecule has 0 unspecified atom stereocenters. The van der Waals surface area contributed by atoms with Crippen LogP contribution in [-0.4, -0.2) is 12.0 Å². The predicted molar refractivity (Wildman–Crippen MR) is 86.5 cm³/mol. The molecule has 0 atom stereocenters. The fraction of sp³-hybridized carbons (Fsp3) is 0.167. The Morgan fingerprint density at radius 2 is 1.85 bits per heavy atom. The lowest BCUT2D eigenvalue weighted by Gasteiger charge is -2.17. The number of anilines is 1. The molecule has 1 heterocycles. The van der Waals surface area contributed by atoms with Crippen molar-refractivity contribution >= 4 is 11.3 Å². The van der Waals surface area contributed by atoms with Gasteiger partial charge in [0, 0.05) is 31.3 Å². The van der Waals surface area contributed by atoms with Crippen LogP contribution in [0.2, 0.25) is 0 Å². The molecular weight excluding hydrogens is 244 g/mol. The number of hydrogen-bond acceptors (Lipinski definition) is 2. The maximum atomic E-state index is 4.19. The smallest absolute Gasteiger partial charge is 0.0403 e. The zero-order chi connectivity index (χ0) is 14.4. The summed E-state index contributed by atoms with van der Waals surface area (Å²) in [7, 11) is 2.06. The van der Waals surface area contributed by atoms with Gasteiger partial charge in [0.25, 0.3) is 0 Å². The van der Waals surface area contributed by atoms with Gasteiger partial charge in [-0.25, -0.2) is 0 Å². The van der Waals surface area contributed by atoms with Gasteiger partial charge in [0.05, 0.1) is 0 Å². The van der Waals surface area contributed by atoms with Crippen LogP contribution in [0, 0.1) is 0 Å². The Morgan fingerprint density at radius 3 is 2.45 bits per heavy atom. The van der Waals surface area contributed by atoms with E-state index in [1.807, 2.05) is 30.5 Å². The minimum absolute atomic E-state index is 1.14. The minimum Gasteiger partial charge on any atom is -0.351 e. The topological polar surface area (TPSA) is 16.1 Å². The summed E-state index contributed by atoms with van der Waals surface area (Å²) in [5.41, 5.74) is 4.74. The summed E-state index contributed by atoms with van der Waals surface area (Å²) in [6.07, 6.45) is 7.97. The first kappa shape index (κ1) is 14.1. The van der Waals surface area contributed by atoms with Crippen LogP contribution in [0.1, 0.15) is 19.4 Å². The molecule has 0 amide bonds. The molecule has 0 saturated heterocycles. The molecule has 0 spiro atoms. The average molecular weight is 264 g/mol. The van der Waals surface area contributed by atoms with E-state index in [-0.39, 0.29) is 0 Å². The highest BCUT2D eigenvalue weighted by atomic mass is 15.1. The Balaban J connectivity index is 2.26. The second kappa shape index (κ2) is 6.71. The maximum absolute atomic E-state index is 4.19. The standard InChI is InChI=1S/C18H20N2/c1-4-18(16-9-8-12-19-13-16)15(2)14-20(3)17-10-6-5-7-11-17/h4-14H,1-3H3/b15-14-,18-4-. The lowest BCUT2D eigenvalue weighted by atomic mass is 10.0. The molecule has 2 aromatic rings. The van der Waals surface area contributed by atoms with Crippen LogP contribution in [0.5, 0.6) is 0 Å². The molecule has 1 aromatic carbocycles. The Labute approximate surface area is 121 Å². The van der Waals surface area contributed by atoms with Gasteiger partial charge in [-0.2, -0.15) is 0 Å². The van der Waals surface area contributed by atoms with E-state index in [2.05, 4.69) is 61.3 Å². The van der Waals surface area contributed by atoms with Crippen molar-refractivity contribution in [3.8, 4) is 0 Å². The van der Waals surface area contributed by atoms with E-state index in [0.717, 1.165) is 5.56 Å². The van der Waals surface area contributed by atoms with Crippen LogP contribution < -0.4 is 4.90 Å². The van der Waals surface area contributed by atoms with Crippen molar-refractivity contribution < 1.29 is 0 Å². The Bertz CT molecular complexity index is 598. The summed E-state index contributed by atoms with van der Waals surface area (Å²) in [6.45, 7) is 4.18. The first-order valence-corrected chi connectivity index (χ1v) is 6.75. The van der Waals surface area contributed by atoms with Gasteiger partial charge >= 0.3 is 0 Å². The average Bonchev–Trinajstić information content (AvgIpc) is 2.50. The molecule has 102 valence electrons. The molecule has 0 radical (unpaired) electrons. The monoisotopic (exact) mass is 264 g/mol. The molecular formula is C18H20N2. The third kappa shape index (κ3) is 3.35. The van der Waals surface area contributed by atoms with Gasteiger partial charge in [-0.15, -0.1) is 0 Å². The summed E-state index contributed by atoms with van der Waals surface area (Å²) in [4.78, 5) is 6.33. The Hall–Kier alpha value is -2.35. The third-order valence-electron chi connectivity index (χ3n) is 3.24. The molecule has 2 nitrogen and oxygen atoms in total. The van der Waals surface area contributed by atoms with Gasteiger partial charge in [-0.1, -0.05) is 30.3 Å². The largest absolute Gasteiger partial charge is 0.351 e. The lowest BCUT2D eigenvalue weighted by Crippen LogP contribution is -2.09. The van der Waals surface area contributed by atoms with E-state index in [4.69, 9.17) is 0 Å². The molecule has 0 aliphatic heterocycles. The quantitative estimate of drug-likeness (QED) is 0.754. The summed E-state index contributed by atoms with van der Waals surface area (Å²) < 4.78 is 0. The predicted octanol–water partition coefficient (Wildman–Crippen LogP) is 4.53.